The molecule has 0 aliphatic rings. The van der Waals surface area contributed by atoms with Crippen molar-refractivity contribution in [1.82, 2.24) is 0 Å². The van der Waals surface area contributed by atoms with Crippen LogP contribution in [-0.4, -0.2) is 22.2 Å². The first kappa shape index (κ1) is 15.3. The fraction of sp³-hybridized carbons (Fsp3) is 0.125. The summed E-state index contributed by atoms with van der Waals surface area (Å²) in [6.07, 6.45) is 0.505. The molecule has 108 valence electrons. The van der Waals surface area contributed by atoms with E-state index >= 15 is 0 Å². The summed E-state index contributed by atoms with van der Waals surface area (Å²) in [7, 11) is 0. The standard InChI is InChI=1S/C16H13BrO4/c17-14(11-4-2-1-3-5-11)8-10-6-12(15(18)19)9-13(7-10)16(20)21/h1-7,9,14H,8H2,(H,18,19)(H,20,21). The topological polar surface area (TPSA) is 74.6 Å². The van der Waals surface area contributed by atoms with Crippen LogP contribution in [0.15, 0.2) is 48.5 Å². The molecule has 0 bridgehead atoms. The highest BCUT2D eigenvalue weighted by Crippen LogP contribution is 2.27. The van der Waals surface area contributed by atoms with E-state index in [1.807, 2.05) is 30.3 Å². The summed E-state index contributed by atoms with van der Waals surface area (Å²) in [6, 6.07) is 13.8. The number of alkyl halides is 1. The average Bonchev–Trinajstić information content (AvgIpc) is 2.47. The quantitative estimate of drug-likeness (QED) is 0.806. The van der Waals surface area contributed by atoms with Crippen molar-refractivity contribution in [3.05, 3.63) is 70.8 Å². The zero-order chi connectivity index (χ0) is 15.4. The summed E-state index contributed by atoms with van der Waals surface area (Å²) in [4.78, 5) is 22.1. The molecule has 2 aromatic carbocycles. The smallest absolute Gasteiger partial charge is 0.335 e. The molecule has 0 heterocycles. The van der Waals surface area contributed by atoms with Crippen LogP contribution in [0.4, 0.5) is 0 Å². The predicted octanol–water partition coefficient (Wildman–Crippen LogP) is 3.76. The molecule has 2 N–H and O–H groups in total. The molecule has 2 rings (SSSR count). The lowest BCUT2D eigenvalue weighted by atomic mass is 9.99. The summed E-state index contributed by atoms with van der Waals surface area (Å²) in [5.74, 6) is -2.27. The molecule has 21 heavy (non-hydrogen) atoms. The molecule has 4 nitrogen and oxygen atoms in total. The molecule has 0 saturated heterocycles. The van der Waals surface area contributed by atoms with E-state index in [9.17, 15) is 9.59 Å². The van der Waals surface area contributed by atoms with Crippen molar-refractivity contribution >= 4 is 27.9 Å². The van der Waals surface area contributed by atoms with Gasteiger partial charge in [-0.1, -0.05) is 46.3 Å². The van der Waals surface area contributed by atoms with E-state index in [2.05, 4.69) is 15.9 Å². The number of carboxylic acid groups (broad SMARTS) is 2. The Morgan fingerprint density at radius 2 is 1.48 bits per heavy atom. The lowest BCUT2D eigenvalue weighted by molar-refractivity contribution is 0.0696. The second-order valence-electron chi connectivity index (χ2n) is 4.61. The highest BCUT2D eigenvalue weighted by atomic mass is 79.9. The summed E-state index contributed by atoms with van der Waals surface area (Å²) in [5, 5.41) is 18.1. The second kappa shape index (κ2) is 6.54. The number of carboxylic acids is 2. The van der Waals surface area contributed by atoms with E-state index in [0.717, 1.165) is 5.56 Å². The third-order valence-corrected chi connectivity index (χ3v) is 3.92. The van der Waals surface area contributed by atoms with E-state index in [0.29, 0.717) is 12.0 Å². The molecule has 1 atom stereocenters. The Hall–Kier alpha value is -2.14. The lowest BCUT2D eigenvalue weighted by Crippen LogP contribution is -2.05. The number of aromatic carboxylic acids is 2. The Labute approximate surface area is 130 Å². The van der Waals surface area contributed by atoms with Crippen LogP contribution >= 0.6 is 15.9 Å². The van der Waals surface area contributed by atoms with Gasteiger partial charge in [-0.05, 0) is 35.7 Å². The van der Waals surface area contributed by atoms with E-state index in [4.69, 9.17) is 10.2 Å². The fourth-order valence-electron chi connectivity index (χ4n) is 2.04. The number of halogens is 1. The Morgan fingerprint density at radius 3 is 1.95 bits per heavy atom. The van der Waals surface area contributed by atoms with Gasteiger partial charge in [-0.25, -0.2) is 9.59 Å². The summed E-state index contributed by atoms with van der Waals surface area (Å²) in [5.41, 5.74) is 1.68. The minimum Gasteiger partial charge on any atom is -0.478 e. The number of carbonyl (C=O) groups is 2. The Bertz CT molecular complexity index is 635. The normalized spacial score (nSPS) is 11.9. The molecule has 0 aromatic heterocycles. The molecular weight excluding hydrogens is 336 g/mol. The first-order valence-electron chi connectivity index (χ1n) is 6.27. The van der Waals surface area contributed by atoms with Gasteiger partial charge in [0.25, 0.3) is 0 Å². The van der Waals surface area contributed by atoms with E-state index < -0.39 is 11.9 Å². The van der Waals surface area contributed by atoms with Crippen molar-refractivity contribution < 1.29 is 19.8 Å². The van der Waals surface area contributed by atoms with Crippen LogP contribution in [0.25, 0.3) is 0 Å². The van der Waals surface area contributed by atoms with Gasteiger partial charge in [0, 0.05) is 4.83 Å². The number of hydrogen-bond donors (Lipinski definition) is 2. The zero-order valence-corrected chi connectivity index (χ0v) is 12.6. The molecule has 0 fully saturated rings. The lowest BCUT2D eigenvalue weighted by Gasteiger charge is -2.11. The third kappa shape index (κ3) is 3.92. The van der Waals surface area contributed by atoms with Gasteiger partial charge < -0.3 is 10.2 Å². The average molecular weight is 349 g/mol. The zero-order valence-electron chi connectivity index (χ0n) is 11.0. The van der Waals surface area contributed by atoms with Crippen LogP contribution in [0.1, 0.15) is 36.7 Å². The van der Waals surface area contributed by atoms with Gasteiger partial charge >= 0.3 is 11.9 Å². The van der Waals surface area contributed by atoms with Gasteiger partial charge in [-0.15, -0.1) is 0 Å². The summed E-state index contributed by atoms with van der Waals surface area (Å²) >= 11 is 3.55. The van der Waals surface area contributed by atoms with Crippen molar-refractivity contribution in [2.45, 2.75) is 11.2 Å². The van der Waals surface area contributed by atoms with Crippen LogP contribution in [-0.2, 0) is 6.42 Å². The minimum atomic E-state index is -1.13. The fourth-order valence-corrected chi connectivity index (χ4v) is 2.72. The van der Waals surface area contributed by atoms with Crippen molar-refractivity contribution in [3.63, 3.8) is 0 Å². The van der Waals surface area contributed by atoms with Crippen molar-refractivity contribution in [3.8, 4) is 0 Å². The number of benzene rings is 2. The second-order valence-corrected chi connectivity index (χ2v) is 5.72. The maximum Gasteiger partial charge on any atom is 0.335 e. The first-order chi connectivity index (χ1) is 9.97. The number of rotatable bonds is 5. The van der Waals surface area contributed by atoms with Crippen molar-refractivity contribution in [2.75, 3.05) is 0 Å². The SMILES string of the molecule is O=C(O)c1cc(CC(Br)c2ccccc2)cc(C(=O)O)c1. The van der Waals surface area contributed by atoms with Crippen LogP contribution in [0.2, 0.25) is 0 Å². The maximum atomic E-state index is 11.1. The van der Waals surface area contributed by atoms with Gasteiger partial charge in [0.2, 0.25) is 0 Å². The Kier molecular flexibility index (Phi) is 4.75. The molecule has 0 saturated carbocycles. The van der Waals surface area contributed by atoms with Crippen LogP contribution in [0, 0.1) is 0 Å². The molecule has 2 aromatic rings. The maximum absolute atomic E-state index is 11.1. The van der Waals surface area contributed by atoms with Gasteiger partial charge in [-0.3, -0.25) is 0 Å². The molecule has 0 aliphatic heterocycles. The van der Waals surface area contributed by atoms with E-state index in [1.54, 1.807) is 0 Å². The van der Waals surface area contributed by atoms with E-state index in [-0.39, 0.29) is 16.0 Å². The Morgan fingerprint density at radius 1 is 0.952 bits per heavy atom. The largest absolute Gasteiger partial charge is 0.478 e. The summed E-state index contributed by atoms with van der Waals surface area (Å²) in [6.45, 7) is 0. The Balaban J connectivity index is 2.31. The summed E-state index contributed by atoms with van der Waals surface area (Å²) < 4.78 is 0. The van der Waals surface area contributed by atoms with Crippen LogP contribution < -0.4 is 0 Å². The van der Waals surface area contributed by atoms with Gasteiger partial charge in [0.15, 0.2) is 0 Å². The predicted molar refractivity (Wildman–Crippen MR) is 82.2 cm³/mol. The highest BCUT2D eigenvalue weighted by molar-refractivity contribution is 9.09. The van der Waals surface area contributed by atoms with E-state index in [1.165, 1.54) is 18.2 Å². The number of hydrogen-bond acceptors (Lipinski definition) is 2. The highest BCUT2D eigenvalue weighted by Gasteiger charge is 2.14. The molecule has 1 unspecified atom stereocenters. The van der Waals surface area contributed by atoms with Gasteiger partial charge in [-0.2, -0.15) is 0 Å². The molecule has 0 spiro atoms. The van der Waals surface area contributed by atoms with Crippen LogP contribution in [0.3, 0.4) is 0 Å². The third-order valence-electron chi connectivity index (χ3n) is 3.06. The monoisotopic (exact) mass is 348 g/mol. The van der Waals surface area contributed by atoms with Crippen molar-refractivity contribution in [2.24, 2.45) is 0 Å². The molecule has 5 heteroatoms. The van der Waals surface area contributed by atoms with Crippen molar-refractivity contribution in [1.29, 1.82) is 0 Å². The van der Waals surface area contributed by atoms with Gasteiger partial charge in [0.05, 0.1) is 11.1 Å². The minimum absolute atomic E-state index is 0.00982. The molecule has 0 aliphatic carbocycles. The molecule has 0 amide bonds. The molecule has 0 radical (unpaired) electrons. The van der Waals surface area contributed by atoms with Crippen LogP contribution in [0.5, 0.6) is 0 Å². The first-order valence-corrected chi connectivity index (χ1v) is 7.18. The van der Waals surface area contributed by atoms with Gasteiger partial charge in [0.1, 0.15) is 0 Å². The molecular formula is C16H13BrO4.